The molecule has 2 aromatic rings. The van der Waals surface area contributed by atoms with Crippen LogP contribution < -0.4 is 10.1 Å². The summed E-state index contributed by atoms with van der Waals surface area (Å²) >= 11 is 0. The highest BCUT2D eigenvalue weighted by atomic mass is 16.5. The molecule has 2 aromatic carbocycles. The summed E-state index contributed by atoms with van der Waals surface area (Å²) in [4.78, 5) is 24.5. The van der Waals surface area contributed by atoms with E-state index in [0.29, 0.717) is 29.2 Å². The second-order valence-electron chi connectivity index (χ2n) is 5.97. The van der Waals surface area contributed by atoms with Gasteiger partial charge >= 0.3 is 5.97 Å². The van der Waals surface area contributed by atoms with Gasteiger partial charge in [0.1, 0.15) is 17.4 Å². The van der Waals surface area contributed by atoms with Crippen molar-refractivity contribution in [1.82, 2.24) is 0 Å². The predicted molar refractivity (Wildman–Crippen MR) is 107 cm³/mol. The van der Waals surface area contributed by atoms with Crippen molar-refractivity contribution in [3.63, 3.8) is 0 Å². The number of benzene rings is 2. The lowest BCUT2D eigenvalue weighted by Crippen LogP contribution is -2.14. The molecule has 1 N–H and O–H groups in total. The zero-order valence-electron chi connectivity index (χ0n) is 15.9. The first kappa shape index (κ1) is 20.7. The third-order valence-electron chi connectivity index (χ3n) is 3.88. The number of unbranched alkanes of at least 4 members (excludes halogenated alkanes) is 1. The van der Waals surface area contributed by atoms with Gasteiger partial charge in [-0.2, -0.15) is 5.26 Å². The lowest BCUT2D eigenvalue weighted by atomic mass is 10.1. The Labute approximate surface area is 164 Å². The lowest BCUT2D eigenvalue weighted by Gasteiger charge is -2.08. The molecule has 0 saturated heterocycles. The molecule has 0 spiro atoms. The number of ether oxygens (including phenoxy) is 2. The average Bonchev–Trinajstić information content (AvgIpc) is 2.72. The fraction of sp³-hybridized carbons (Fsp3) is 0.227. The zero-order valence-corrected chi connectivity index (χ0v) is 15.9. The van der Waals surface area contributed by atoms with Gasteiger partial charge in [-0.15, -0.1) is 0 Å². The first-order valence-electron chi connectivity index (χ1n) is 8.91. The Balaban J connectivity index is 2.09. The summed E-state index contributed by atoms with van der Waals surface area (Å²) in [6, 6.07) is 15.3. The van der Waals surface area contributed by atoms with E-state index in [-0.39, 0.29) is 5.57 Å². The number of hydrogen-bond acceptors (Lipinski definition) is 5. The Morgan fingerprint density at radius 1 is 1.18 bits per heavy atom. The van der Waals surface area contributed by atoms with E-state index in [2.05, 4.69) is 5.32 Å². The van der Waals surface area contributed by atoms with E-state index in [9.17, 15) is 14.9 Å². The molecule has 0 heterocycles. The van der Waals surface area contributed by atoms with Crippen LogP contribution in [0.3, 0.4) is 0 Å². The van der Waals surface area contributed by atoms with Crippen LogP contribution in [-0.2, 0) is 9.53 Å². The van der Waals surface area contributed by atoms with Crippen molar-refractivity contribution in [1.29, 1.82) is 5.26 Å². The van der Waals surface area contributed by atoms with E-state index in [1.54, 1.807) is 49.6 Å². The summed E-state index contributed by atoms with van der Waals surface area (Å²) in [5, 5.41) is 12.0. The van der Waals surface area contributed by atoms with Gasteiger partial charge in [-0.25, -0.2) is 4.79 Å². The molecule has 6 heteroatoms. The monoisotopic (exact) mass is 378 g/mol. The van der Waals surface area contributed by atoms with Gasteiger partial charge in [-0.05, 0) is 48.4 Å². The highest BCUT2D eigenvalue weighted by Gasteiger charge is 2.12. The molecule has 2 rings (SSSR count). The van der Waals surface area contributed by atoms with Gasteiger partial charge in [0, 0.05) is 5.69 Å². The van der Waals surface area contributed by atoms with Gasteiger partial charge in [0.2, 0.25) is 0 Å². The smallest absolute Gasteiger partial charge is 0.338 e. The fourth-order valence-electron chi connectivity index (χ4n) is 2.33. The molecule has 1 amide bonds. The summed E-state index contributed by atoms with van der Waals surface area (Å²) in [5.74, 6) is -0.323. The van der Waals surface area contributed by atoms with Crippen LogP contribution in [0.15, 0.2) is 54.1 Å². The molecular weight excluding hydrogens is 356 g/mol. The molecule has 0 bridgehead atoms. The molecule has 0 aliphatic heterocycles. The summed E-state index contributed by atoms with van der Waals surface area (Å²) in [7, 11) is 1.56. The van der Waals surface area contributed by atoms with Gasteiger partial charge in [-0.1, -0.05) is 31.5 Å². The molecule has 0 unspecified atom stereocenters. The normalized spacial score (nSPS) is 10.7. The molecule has 0 saturated carbocycles. The van der Waals surface area contributed by atoms with Crippen molar-refractivity contribution in [2.45, 2.75) is 19.8 Å². The van der Waals surface area contributed by atoms with Gasteiger partial charge < -0.3 is 14.8 Å². The highest BCUT2D eigenvalue weighted by molar-refractivity contribution is 6.10. The number of nitrogens with one attached hydrogen (secondary N) is 1. The third kappa shape index (κ3) is 5.99. The maximum Gasteiger partial charge on any atom is 0.338 e. The molecule has 28 heavy (non-hydrogen) atoms. The number of amides is 1. The minimum Gasteiger partial charge on any atom is -0.497 e. The number of hydrogen-bond donors (Lipinski definition) is 1. The second kappa shape index (κ2) is 10.5. The molecule has 0 aliphatic rings. The van der Waals surface area contributed by atoms with Crippen LogP contribution in [0.1, 0.15) is 35.7 Å². The fourth-order valence-corrected chi connectivity index (χ4v) is 2.33. The Kier molecular flexibility index (Phi) is 7.79. The quantitative estimate of drug-likeness (QED) is 0.322. The average molecular weight is 378 g/mol. The minimum atomic E-state index is -0.560. The van der Waals surface area contributed by atoms with Crippen LogP contribution in [-0.4, -0.2) is 25.6 Å². The number of nitrogens with zero attached hydrogens (tertiary/aromatic N) is 1. The molecule has 144 valence electrons. The molecular formula is C22H22N2O4. The molecule has 0 aromatic heterocycles. The Hall–Kier alpha value is -3.59. The van der Waals surface area contributed by atoms with Crippen molar-refractivity contribution < 1.29 is 19.1 Å². The van der Waals surface area contributed by atoms with Gasteiger partial charge in [-0.3, -0.25) is 4.79 Å². The van der Waals surface area contributed by atoms with Crippen molar-refractivity contribution in [3.05, 3.63) is 65.2 Å². The number of methoxy groups -OCH3 is 1. The van der Waals surface area contributed by atoms with E-state index in [1.165, 1.54) is 12.1 Å². The zero-order chi connectivity index (χ0) is 20.4. The SMILES string of the molecule is CCCCOC(=O)c1cccc(NC(=O)/C(C#N)=C/c2ccc(OC)cc2)c1. The number of carbonyl (C=O) groups is 2. The second-order valence-corrected chi connectivity index (χ2v) is 5.97. The summed E-state index contributed by atoms with van der Waals surface area (Å²) in [5.41, 5.74) is 1.39. The minimum absolute atomic E-state index is 0.0545. The van der Waals surface area contributed by atoms with Gasteiger partial charge in [0.15, 0.2) is 0 Å². The van der Waals surface area contributed by atoms with E-state index < -0.39 is 11.9 Å². The Morgan fingerprint density at radius 3 is 2.57 bits per heavy atom. The summed E-state index contributed by atoms with van der Waals surface area (Å²) < 4.78 is 10.3. The van der Waals surface area contributed by atoms with Crippen LogP contribution in [0.25, 0.3) is 6.08 Å². The molecule has 6 nitrogen and oxygen atoms in total. The standard InChI is InChI=1S/C22H22N2O4/c1-3-4-12-28-22(26)17-6-5-7-19(14-17)24-21(25)18(15-23)13-16-8-10-20(27-2)11-9-16/h5-11,13-14H,3-4,12H2,1-2H3,(H,24,25)/b18-13+. The van der Waals surface area contributed by atoms with Crippen LogP contribution >= 0.6 is 0 Å². The maximum absolute atomic E-state index is 12.4. The summed E-state index contributed by atoms with van der Waals surface area (Å²) in [6.07, 6.45) is 3.21. The number of rotatable bonds is 8. The Morgan fingerprint density at radius 2 is 1.93 bits per heavy atom. The van der Waals surface area contributed by atoms with Crippen LogP contribution in [0.2, 0.25) is 0 Å². The van der Waals surface area contributed by atoms with Gasteiger partial charge in [0.05, 0.1) is 19.3 Å². The van der Waals surface area contributed by atoms with Crippen molar-refractivity contribution in [2.75, 3.05) is 19.0 Å². The van der Waals surface area contributed by atoms with Gasteiger partial charge in [0.25, 0.3) is 5.91 Å². The predicted octanol–water partition coefficient (Wildman–Crippen LogP) is 4.20. The number of esters is 1. The first-order valence-corrected chi connectivity index (χ1v) is 8.91. The number of nitriles is 1. The van der Waals surface area contributed by atoms with Crippen molar-refractivity contribution >= 4 is 23.6 Å². The van der Waals surface area contributed by atoms with Crippen molar-refractivity contribution in [2.24, 2.45) is 0 Å². The maximum atomic E-state index is 12.4. The van der Waals surface area contributed by atoms with Crippen LogP contribution in [0.4, 0.5) is 5.69 Å². The number of anilines is 1. The topological polar surface area (TPSA) is 88.4 Å². The first-order chi connectivity index (χ1) is 13.6. The largest absolute Gasteiger partial charge is 0.497 e. The molecule has 0 aliphatic carbocycles. The molecule has 0 atom stereocenters. The number of carbonyl (C=O) groups excluding carboxylic acids is 2. The summed E-state index contributed by atoms with van der Waals surface area (Å²) in [6.45, 7) is 2.37. The molecule has 0 fully saturated rings. The van der Waals surface area contributed by atoms with Crippen LogP contribution in [0.5, 0.6) is 5.75 Å². The van der Waals surface area contributed by atoms with E-state index in [4.69, 9.17) is 9.47 Å². The highest BCUT2D eigenvalue weighted by Crippen LogP contribution is 2.16. The van der Waals surface area contributed by atoms with Crippen molar-refractivity contribution in [3.8, 4) is 11.8 Å². The third-order valence-corrected chi connectivity index (χ3v) is 3.88. The van der Waals surface area contributed by atoms with E-state index in [0.717, 1.165) is 12.8 Å². The van der Waals surface area contributed by atoms with E-state index in [1.807, 2.05) is 13.0 Å². The van der Waals surface area contributed by atoms with Crippen LogP contribution in [0, 0.1) is 11.3 Å². The lowest BCUT2D eigenvalue weighted by molar-refractivity contribution is -0.112. The van der Waals surface area contributed by atoms with E-state index >= 15 is 0 Å². The Bertz CT molecular complexity index is 895. The molecule has 0 radical (unpaired) electrons.